The summed E-state index contributed by atoms with van der Waals surface area (Å²) in [5.41, 5.74) is 1.33. The van der Waals surface area contributed by atoms with E-state index in [-0.39, 0.29) is 5.78 Å². The number of halogens is 1. The van der Waals surface area contributed by atoms with Gasteiger partial charge in [-0.15, -0.1) is 0 Å². The Balaban J connectivity index is 2.20. The van der Waals surface area contributed by atoms with E-state index in [0.717, 1.165) is 11.3 Å². The molecule has 92 valence electrons. The van der Waals surface area contributed by atoms with Crippen LogP contribution in [0.5, 0.6) is 5.75 Å². The lowest BCUT2D eigenvalue weighted by atomic mass is 10.1. The summed E-state index contributed by atoms with van der Waals surface area (Å²) in [7, 11) is 1.61. The summed E-state index contributed by atoms with van der Waals surface area (Å²) < 4.78 is 5.08. The molecule has 3 nitrogen and oxygen atoms in total. The van der Waals surface area contributed by atoms with Crippen molar-refractivity contribution in [1.82, 2.24) is 4.98 Å². The normalized spacial score (nSPS) is 11.9. The molecule has 0 aliphatic heterocycles. The number of nitrogens with zero attached hydrogens (tertiary/aromatic N) is 1. The second-order valence-electron chi connectivity index (χ2n) is 3.71. The van der Waals surface area contributed by atoms with Crippen molar-refractivity contribution in [2.75, 3.05) is 7.11 Å². The van der Waals surface area contributed by atoms with Gasteiger partial charge in [-0.2, -0.15) is 0 Å². The van der Waals surface area contributed by atoms with Crippen molar-refractivity contribution in [3.8, 4) is 5.75 Å². The van der Waals surface area contributed by atoms with Crippen LogP contribution in [0.2, 0.25) is 0 Å². The lowest BCUT2D eigenvalue weighted by molar-refractivity contribution is 0.0986. The maximum absolute atomic E-state index is 12.2. The van der Waals surface area contributed by atoms with Crippen molar-refractivity contribution >= 4 is 21.7 Å². The Bertz CT molecular complexity index is 525. The molecule has 4 heteroatoms. The van der Waals surface area contributed by atoms with Crippen LogP contribution in [0, 0.1) is 0 Å². The molecule has 2 rings (SSSR count). The van der Waals surface area contributed by atoms with Gasteiger partial charge < -0.3 is 4.74 Å². The summed E-state index contributed by atoms with van der Waals surface area (Å²) in [6, 6.07) is 12.7. The zero-order valence-electron chi connectivity index (χ0n) is 9.84. The molecule has 0 aliphatic rings. The molecule has 1 atom stereocenters. The Hall–Kier alpha value is -1.68. The Morgan fingerprint density at radius 1 is 1.22 bits per heavy atom. The van der Waals surface area contributed by atoms with Crippen molar-refractivity contribution in [3.05, 3.63) is 59.9 Å². The van der Waals surface area contributed by atoms with Crippen LogP contribution in [0.4, 0.5) is 0 Å². The zero-order valence-corrected chi connectivity index (χ0v) is 11.4. The Morgan fingerprint density at radius 2 is 1.94 bits per heavy atom. The molecule has 1 aromatic carbocycles. The number of carbonyl (C=O) groups is 1. The van der Waals surface area contributed by atoms with Gasteiger partial charge in [-0.1, -0.05) is 34.1 Å². The fourth-order valence-electron chi connectivity index (χ4n) is 1.56. The van der Waals surface area contributed by atoms with E-state index in [1.165, 1.54) is 0 Å². The van der Waals surface area contributed by atoms with Crippen LogP contribution in [0.15, 0.2) is 48.7 Å². The van der Waals surface area contributed by atoms with Crippen LogP contribution < -0.4 is 4.74 Å². The average molecular weight is 306 g/mol. The number of benzene rings is 1. The smallest absolute Gasteiger partial charge is 0.199 e. The largest absolute Gasteiger partial charge is 0.497 e. The third kappa shape index (κ3) is 2.76. The quantitative estimate of drug-likeness (QED) is 0.642. The second-order valence-corrected chi connectivity index (χ2v) is 4.63. The number of pyridine rings is 1. The van der Waals surface area contributed by atoms with Crippen molar-refractivity contribution in [2.45, 2.75) is 4.83 Å². The molecule has 0 N–H and O–H groups in total. The van der Waals surface area contributed by atoms with E-state index in [0.29, 0.717) is 5.69 Å². The summed E-state index contributed by atoms with van der Waals surface area (Å²) >= 11 is 3.40. The summed E-state index contributed by atoms with van der Waals surface area (Å²) in [5, 5.41) is 0. The van der Waals surface area contributed by atoms with E-state index < -0.39 is 4.83 Å². The van der Waals surface area contributed by atoms with Gasteiger partial charge in [-0.05, 0) is 29.8 Å². The van der Waals surface area contributed by atoms with Crippen LogP contribution in [0.3, 0.4) is 0 Å². The monoisotopic (exact) mass is 305 g/mol. The van der Waals surface area contributed by atoms with Gasteiger partial charge in [0.05, 0.1) is 7.11 Å². The number of rotatable bonds is 4. The SMILES string of the molecule is COc1ccc(C(Br)C(=O)c2ccccn2)cc1. The van der Waals surface area contributed by atoms with Gasteiger partial charge in [0.25, 0.3) is 0 Å². The summed E-state index contributed by atoms with van der Waals surface area (Å²) in [6.07, 6.45) is 1.61. The molecular formula is C14H12BrNO2. The summed E-state index contributed by atoms with van der Waals surface area (Å²) in [4.78, 5) is 15.8. The first-order valence-corrected chi connectivity index (χ1v) is 6.37. The minimum absolute atomic E-state index is 0.0548. The highest BCUT2D eigenvalue weighted by molar-refractivity contribution is 9.09. The third-order valence-corrected chi connectivity index (χ3v) is 3.50. The van der Waals surface area contributed by atoms with E-state index in [2.05, 4.69) is 20.9 Å². The predicted octanol–water partition coefficient (Wildman–Crippen LogP) is 3.41. The molecule has 0 spiro atoms. The maximum atomic E-state index is 12.2. The first-order chi connectivity index (χ1) is 8.72. The van der Waals surface area contributed by atoms with Crippen LogP contribution in [-0.2, 0) is 0 Å². The van der Waals surface area contributed by atoms with E-state index in [4.69, 9.17) is 4.74 Å². The molecule has 1 unspecified atom stereocenters. The van der Waals surface area contributed by atoms with Gasteiger partial charge in [0.2, 0.25) is 0 Å². The number of hydrogen-bond acceptors (Lipinski definition) is 3. The molecular weight excluding hydrogens is 294 g/mol. The molecule has 0 aliphatic carbocycles. The summed E-state index contributed by atoms with van der Waals surface area (Å²) in [6.45, 7) is 0. The number of methoxy groups -OCH3 is 1. The molecule has 2 aromatic rings. The van der Waals surface area contributed by atoms with Crippen molar-refractivity contribution in [2.24, 2.45) is 0 Å². The summed E-state index contributed by atoms with van der Waals surface area (Å²) in [5.74, 6) is 0.713. The highest BCUT2D eigenvalue weighted by Gasteiger charge is 2.19. The molecule has 0 bridgehead atoms. The number of ether oxygens (including phenoxy) is 1. The Morgan fingerprint density at radius 3 is 2.50 bits per heavy atom. The average Bonchev–Trinajstić information content (AvgIpc) is 2.47. The molecule has 0 saturated heterocycles. The van der Waals surface area contributed by atoms with Gasteiger partial charge in [-0.25, -0.2) is 0 Å². The van der Waals surface area contributed by atoms with Gasteiger partial charge in [0, 0.05) is 6.20 Å². The van der Waals surface area contributed by atoms with E-state index in [1.54, 1.807) is 31.5 Å². The lowest BCUT2D eigenvalue weighted by Crippen LogP contribution is -2.08. The Labute approximate surface area is 114 Å². The minimum atomic E-state index is -0.390. The van der Waals surface area contributed by atoms with Crippen molar-refractivity contribution < 1.29 is 9.53 Å². The molecule has 1 aromatic heterocycles. The van der Waals surface area contributed by atoms with Gasteiger partial charge >= 0.3 is 0 Å². The van der Waals surface area contributed by atoms with Gasteiger partial charge in [0.15, 0.2) is 5.78 Å². The highest BCUT2D eigenvalue weighted by atomic mass is 79.9. The third-order valence-electron chi connectivity index (χ3n) is 2.56. The predicted molar refractivity (Wildman–Crippen MR) is 73.2 cm³/mol. The van der Waals surface area contributed by atoms with Crippen LogP contribution in [-0.4, -0.2) is 17.9 Å². The fourth-order valence-corrected chi connectivity index (χ4v) is 2.10. The zero-order chi connectivity index (χ0) is 13.0. The lowest BCUT2D eigenvalue weighted by Gasteiger charge is -2.09. The first-order valence-electron chi connectivity index (χ1n) is 5.45. The first kappa shape index (κ1) is 12.8. The minimum Gasteiger partial charge on any atom is -0.497 e. The number of aromatic nitrogens is 1. The standard InChI is InChI=1S/C14H12BrNO2/c1-18-11-7-5-10(6-8-11)13(15)14(17)12-4-2-3-9-16-12/h2-9,13H,1H3. The highest BCUT2D eigenvalue weighted by Crippen LogP contribution is 2.27. The number of ketones is 1. The molecule has 0 amide bonds. The molecule has 0 radical (unpaired) electrons. The molecule has 18 heavy (non-hydrogen) atoms. The molecule has 1 heterocycles. The van der Waals surface area contributed by atoms with E-state index in [9.17, 15) is 4.79 Å². The number of hydrogen-bond donors (Lipinski definition) is 0. The fraction of sp³-hybridized carbons (Fsp3) is 0.143. The van der Waals surface area contributed by atoms with Crippen molar-refractivity contribution in [3.63, 3.8) is 0 Å². The molecule has 0 saturated carbocycles. The number of Topliss-reactive ketones (excluding diaryl/α,β-unsaturated/α-hetero) is 1. The molecule has 0 fully saturated rings. The topological polar surface area (TPSA) is 39.2 Å². The van der Waals surface area contributed by atoms with Crippen LogP contribution in [0.1, 0.15) is 20.9 Å². The Kier molecular flexibility index (Phi) is 4.10. The maximum Gasteiger partial charge on any atom is 0.199 e. The van der Waals surface area contributed by atoms with Crippen molar-refractivity contribution in [1.29, 1.82) is 0 Å². The van der Waals surface area contributed by atoms with Crippen LogP contribution >= 0.6 is 15.9 Å². The number of alkyl halides is 1. The van der Waals surface area contributed by atoms with E-state index >= 15 is 0 Å². The van der Waals surface area contributed by atoms with Crippen LogP contribution in [0.25, 0.3) is 0 Å². The van der Waals surface area contributed by atoms with Gasteiger partial charge in [0.1, 0.15) is 16.3 Å². The van der Waals surface area contributed by atoms with Gasteiger partial charge in [-0.3, -0.25) is 9.78 Å². The van der Waals surface area contributed by atoms with E-state index in [1.807, 2.05) is 24.3 Å². The number of carbonyl (C=O) groups excluding carboxylic acids is 1. The second kappa shape index (κ2) is 5.78.